The van der Waals surface area contributed by atoms with Gasteiger partial charge in [-0.25, -0.2) is 5.01 Å². The maximum absolute atomic E-state index is 13.3. The minimum absolute atomic E-state index is 0.139. The van der Waals surface area contributed by atoms with Crippen molar-refractivity contribution in [1.82, 2.24) is 19.9 Å². The van der Waals surface area contributed by atoms with E-state index in [0.717, 1.165) is 22.2 Å². The molecule has 4 rings (SSSR count). The van der Waals surface area contributed by atoms with Gasteiger partial charge < -0.3 is 9.88 Å². The maximum atomic E-state index is 13.3. The lowest BCUT2D eigenvalue weighted by molar-refractivity contribution is -0.122. The molecule has 0 radical (unpaired) electrons. The standard InChI is InChI=1S/C23H25N5O2/c1-23(2,3)20-14-27-18-9-5-4-8-17(18)11-19(27)22(30)28(26-20)15-21(29)25-13-16-7-6-10-24-12-16/h4-12H,13-15H2,1-3H3,(H,25,29). The zero-order chi connectivity index (χ0) is 21.3. The van der Waals surface area contributed by atoms with Crippen LogP contribution in [-0.2, 0) is 17.9 Å². The Morgan fingerprint density at radius 2 is 1.97 bits per heavy atom. The van der Waals surface area contributed by atoms with Gasteiger partial charge in [-0.3, -0.25) is 14.6 Å². The van der Waals surface area contributed by atoms with Gasteiger partial charge >= 0.3 is 0 Å². The number of rotatable bonds is 4. The second-order valence-corrected chi connectivity index (χ2v) is 8.47. The summed E-state index contributed by atoms with van der Waals surface area (Å²) in [6.45, 7) is 6.91. The Kier molecular flexibility index (Phi) is 5.11. The van der Waals surface area contributed by atoms with Crippen LogP contribution in [0.2, 0.25) is 0 Å². The molecule has 2 aromatic heterocycles. The normalized spacial score (nSPS) is 14.3. The average molecular weight is 403 g/mol. The number of pyridine rings is 1. The molecule has 0 fully saturated rings. The van der Waals surface area contributed by atoms with E-state index in [1.807, 2.05) is 47.0 Å². The van der Waals surface area contributed by atoms with E-state index in [2.05, 4.69) is 36.2 Å². The fourth-order valence-corrected chi connectivity index (χ4v) is 3.45. The highest BCUT2D eigenvalue weighted by atomic mass is 16.2. The number of amides is 2. The summed E-state index contributed by atoms with van der Waals surface area (Å²) in [6.07, 6.45) is 3.38. The van der Waals surface area contributed by atoms with Gasteiger partial charge in [-0.1, -0.05) is 45.0 Å². The molecule has 7 heteroatoms. The lowest BCUT2D eigenvalue weighted by Crippen LogP contribution is -2.38. The van der Waals surface area contributed by atoms with Crippen molar-refractivity contribution in [3.8, 4) is 0 Å². The molecule has 0 saturated heterocycles. The van der Waals surface area contributed by atoms with Crippen molar-refractivity contribution in [3.63, 3.8) is 0 Å². The highest BCUT2D eigenvalue weighted by Gasteiger charge is 2.31. The van der Waals surface area contributed by atoms with E-state index < -0.39 is 0 Å². The van der Waals surface area contributed by atoms with Gasteiger partial charge in [0.15, 0.2) is 0 Å². The number of hydrazone groups is 1. The van der Waals surface area contributed by atoms with Gasteiger partial charge in [0.25, 0.3) is 5.91 Å². The Labute approximate surface area is 175 Å². The number of benzene rings is 1. The third-order valence-electron chi connectivity index (χ3n) is 5.19. The summed E-state index contributed by atoms with van der Waals surface area (Å²) in [5, 5.41) is 9.75. The molecule has 1 N–H and O–H groups in total. The van der Waals surface area contributed by atoms with Gasteiger partial charge in [-0.2, -0.15) is 5.10 Å². The number of carbonyl (C=O) groups excluding carboxylic acids is 2. The quantitative estimate of drug-likeness (QED) is 0.726. The predicted octanol–water partition coefficient (Wildman–Crippen LogP) is 3.21. The molecule has 0 unspecified atom stereocenters. The summed E-state index contributed by atoms with van der Waals surface area (Å²) in [5.41, 5.74) is 3.01. The minimum atomic E-state index is -0.276. The number of para-hydroxylation sites is 1. The number of nitrogens with one attached hydrogen (secondary N) is 1. The largest absolute Gasteiger partial charge is 0.350 e. The second kappa shape index (κ2) is 7.74. The number of hydrogen-bond donors (Lipinski definition) is 1. The number of aromatic nitrogens is 2. The Morgan fingerprint density at radius 3 is 2.70 bits per heavy atom. The average Bonchev–Trinajstić information content (AvgIpc) is 3.02. The Bertz CT molecular complexity index is 1130. The molecule has 3 heterocycles. The summed E-state index contributed by atoms with van der Waals surface area (Å²) in [4.78, 5) is 29.9. The van der Waals surface area contributed by atoms with E-state index in [1.54, 1.807) is 12.4 Å². The first-order valence-electron chi connectivity index (χ1n) is 9.96. The number of carbonyl (C=O) groups is 2. The highest BCUT2D eigenvalue weighted by molar-refractivity contribution is 6.03. The summed E-state index contributed by atoms with van der Waals surface area (Å²) in [7, 11) is 0. The van der Waals surface area contributed by atoms with E-state index in [4.69, 9.17) is 0 Å². The Hall–Kier alpha value is -3.48. The molecule has 0 bridgehead atoms. The fraction of sp³-hybridized carbons (Fsp3) is 0.304. The lowest BCUT2D eigenvalue weighted by Gasteiger charge is -2.23. The molecule has 3 aromatic rings. The van der Waals surface area contributed by atoms with Crippen molar-refractivity contribution in [2.45, 2.75) is 33.9 Å². The monoisotopic (exact) mass is 403 g/mol. The molecule has 1 aliphatic heterocycles. The Morgan fingerprint density at radius 1 is 1.17 bits per heavy atom. The van der Waals surface area contributed by atoms with Crippen LogP contribution in [-0.4, -0.2) is 38.6 Å². The van der Waals surface area contributed by atoms with Crippen LogP contribution in [0.4, 0.5) is 0 Å². The van der Waals surface area contributed by atoms with Crippen molar-refractivity contribution in [2.24, 2.45) is 10.5 Å². The van der Waals surface area contributed by atoms with E-state index in [-0.39, 0.29) is 23.8 Å². The summed E-state index contributed by atoms with van der Waals surface area (Å²) >= 11 is 0. The molecule has 0 aliphatic carbocycles. The van der Waals surface area contributed by atoms with Crippen LogP contribution in [0.1, 0.15) is 36.8 Å². The van der Waals surface area contributed by atoms with Gasteiger partial charge in [0, 0.05) is 35.3 Å². The summed E-state index contributed by atoms with van der Waals surface area (Å²) < 4.78 is 2.00. The molecule has 0 spiro atoms. The Balaban J connectivity index is 1.62. The summed E-state index contributed by atoms with van der Waals surface area (Å²) in [6, 6.07) is 13.5. The number of hydrogen-bond acceptors (Lipinski definition) is 4. The van der Waals surface area contributed by atoms with Gasteiger partial charge in [-0.15, -0.1) is 0 Å². The molecule has 0 atom stereocenters. The minimum Gasteiger partial charge on any atom is -0.350 e. The van der Waals surface area contributed by atoms with Crippen molar-refractivity contribution in [3.05, 3.63) is 66.1 Å². The van der Waals surface area contributed by atoms with Crippen LogP contribution < -0.4 is 5.32 Å². The van der Waals surface area contributed by atoms with Crippen molar-refractivity contribution in [2.75, 3.05) is 6.54 Å². The molecule has 1 aromatic carbocycles. The molecule has 30 heavy (non-hydrogen) atoms. The molecule has 7 nitrogen and oxygen atoms in total. The molecule has 0 saturated carbocycles. The van der Waals surface area contributed by atoms with Gasteiger partial charge in [0.1, 0.15) is 12.2 Å². The molecule has 1 aliphatic rings. The van der Waals surface area contributed by atoms with E-state index in [0.29, 0.717) is 18.8 Å². The van der Waals surface area contributed by atoms with E-state index in [9.17, 15) is 9.59 Å². The topological polar surface area (TPSA) is 79.6 Å². The van der Waals surface area contributed by atoms with E-state index >= 15 is 0 Å². The predicted molar refractivity (Wildman–Crippen MR) is 116 cm³/mol. The van der Waals surface area contributed by atoms with Crippen LogP contribution in [0.5, 0.6) is 0 Å². The lowest BCUT2D eigenvalue weighted by atomic mass is 9.90. The van der Waals surface area contributed by atoms with Crippen LogP contribution in [0.25, 0.3) is 10.9 Å². The van der Waals surface area contributed by atoms with E-state index in [1.165, 1.54) is 5.01 Å². The van der Waals surface area contributed by atoms with Crippen LogP contribution in [0, 0.1) is 5.41 Å². The first kappa shape index (κ1) is 19.8. The van der Waals surface area contributed by atoms with Crippen molar-refractivity contribution < 1.29 is 9.59 Å². The van der Waals surface area contributed by atoms with Gasteiger partial charge in [-0.05, 0) is 23.8 Å². The SMILES string of the molecule is CC(C)(C)C1=NN(CC(=O)NCc2cccnc2)C(=O)c2cc3ccccc3n2C1. The molecular weight excluding hydrogens is 378 g/mol. The zero-order valence-corrected chi connectivity index (χ0v) is 17.4. The van der Waals surface area contributed by atoms with Crippen LogP contribution in [0.3, 0.4) is 0 Å². The smallest absolute Gasteiger partial charge is 0.291 e. The number of nitrogens with zero attached hydrogens (tertiary/aromatic N) is 4. The zero-order valence-electron chi connectivity index (χ0n) is 17.4. The van der Waals surface area contributed by atoms with Crippen molar-refractivity contribution in [1.29, 1.82) is 0 Å². The summed E-state index contributed by atoms with van der Waals surface area (Å²) in [5.74, 6) is -0.546. The van der Waals surface area contributed by atoms with Crippen LogP contribution >= 0.6 is 0 Å². The maximum Gasteiger partial charge on any atom is 0.291 e. The van der Waals surface area contributed by atoms with Gasteiger partial charge in [0.2, 0.25) is 5.91 Å². The molecule has 154 valence electrons. The third-order valence-corrected chi connectivity index (χ3v) is 5.19. The highest BCUT2D eigenvalue weighted by Crippen LogP contribution is 2.27. The first-order chi connectivity index (χ1) is 14.3. The van der Waals surface area contributed by atoms with Gasteiger partial charge in [0.05, 0.1) is 12.3 Å². The van der Waals surface area contributed by atoms with Crippen LogP contribution in [0.15, 0.2) is 60.0 Å². The molecule has 2 amide bonds. The third kappa shape index (κ3) is 3.96. The second-order valence-electron chi connectivity index (χ2n) is 8.47. The first-order valence-corrected chi connectivity index (χ1v) is 9.96. The molecular formula is C23H25N5O2. The number of fused-ring (bicyclic) bond motifs is 3. The fourth-order valence-electron chi connectivity index (χ4n) is 3.45. The van der Waals surface area contributed by atoms with Crippen molar-refractivity contribution >= 4 is 28.4 Å².